The summed E-state index contributed by atoms with van der Waals surface area (Å²) in [6.45, 7) is 15.3. The van der Waals surface area contributed by atoms with E-state index in [1.165, 1.54) is 4.90 Å². The van der Waals surface area contributed by atoms with E-state index in [0.717, 1.165) is 29.5 Å². The van der Waals surface area contributed by atoms with E-state index in [1.54, 1.807) is 20.8 Å². The van der Waals surface area contributed by atoms with Crippen LogP contribution in [0.2, 0.25) is 0 Å². The van der Waals surface area contributed by atoms with Crippen LogP contribution in [0.4, 0.5) is 4.79 Å². The molecule has 0 heterocycles. The zero-order valence-electron chi connectivity index (χ0n) is 21.3. The second-order valence-electron chi connectivity index (χ2n) is 9.53. The van der Waals surface area contributed by atoms with Crippen LogP contribution < -0.4 is 10.6 Å². The Labute approximate surface area is 204 Å². The molecule has 0 aliphatic rings. The van der Waals surface area contributed by atoms with Crippen LogP contribution in [0.15, 0.2) is 18.2 Å². The Morgan fingerprint density at radius 3 is 2.09 bits per heavy atom. The number of hydrogen-bond donors (Lipinski definition) is 3. The molecule has 0 spiro atoms. The lowest BCUT2D eigenvalue weighted by Gasteiger charge is -2.34. The lowest BCUT2D eigenvalue weighted by atomic mass is 9.98. The minimum atomic E-state index is -0.933. The first-order chi connectivity index (χ1) is 15.3. The van der Waals surface area contributed by atoms with E-state index in [1.807, 2.05) is 45.9 Å². The molecule has 1 aromatic rings. The molecular weight excluding hydrogens is 438 g/mol. The number of hydrogen-bond acceptors (Lipinski definition) is 5. The van der Waals surface area contributed by atoms with Gasteiger partial charge in [0.1, 0.15) is 17.7 Å². The molecule has 0 aliphatic carbocycles. The van der Waals surface area contributed by atoms with Crippen LogP contribution >= 0.6 is 12.6 Å². The number of amides is 3. The minimum absolute atomic E-state index is 0.0229. The summed E-state index contributed by atoms with van der Waals surface area (Å²) in [5.41, 5.74) is 2.05. The highest BCUT2D eigenvalue weighted by Gasteiger charge is 2.35. The molecule has 7 nitrogen and oxygen atoms in total. The van der Waals surface area contributed by atoms with Crippen LogP contribution in [0, 0.1) is 13.8 Å². The van der Waals surface area contributed by atoms with Gasteiger partial charge in [0.2, 0.25) is 11.8 Å². The zero-order valence-corrected chi connectivity index (χ0v) is 22.2. The van der Waals surface area contributed by atoms with E-state index in [2.05, 4.69) is 30.2 Å². The van der Waals surface area contributed by atoms with Gasteiger partial charge in [-0.3, -0.25) is 9.59 Å². The second-order valence-corrected chi connectivity index (χ2v) is 9.89. The van der Waals surface area contributed by atoms with Crippen molar-refractivity contribution in [3.8, 4) is 0 Å². The predicted octanol–water partition coefficient (Wildman–Crippen LogP) is 4.32. The molecule has 1 aromatic carbocycles. The number of ether oxygens (including phenoxy) is 1. The van der Waals surface area contributed by atoms with Crippen LogP contribution in [0.1, 0.15) is 77.1 Å². The summed E-state index contributed by atoms with van der Waals surface area (Å²) in [4.78, 5) is 40.8. The third-order valence-electron chi connectivity index (χ3n) is 5.03. The minimum Gasteiger partial charge on any atom is -0.444 e. The molecule has 0 radical (unpaired) electrons. The number of benzene rings is 1. The van der Waals surface area contributed by atoms with Crippen molar-refractivity contribution in [1.82, 2.24) is 15.5 Å². The summed E-state index contributed by atoms with van der Waals surface area (Å²) >= 11 is 4.28. The summed E-state index contributed by atoms with van der Waals surface area (Å²) in [5, 5.41) is 5.66. The molecule has 0 saturated carbocycles. The number of likely N-dealkylation sites (N-methyl/N-ethyl adjacent to an activating group) is 1. The molecule has 2 N–H and O–H groups in total. The fourth-order valence-electron chi connectivity index (χ4n) is 3.77. The standard InChI is InChI=1S/C25H41N3O4S/c1-9-11-18(5)26-22(29)21(19-13-16(3)12-17(4)14-19)28(10-2)23(30)20(15-33)27-24(31)32-25(6,7)8/h12-14,18,20-21,33H,9-11,15H2,1-8H3,(H,26,29)(H,27,31). The second kappa shape index (κ2) is 12.9. The number of aryl methyl sites for hydroxylation is 2. The maximum atomic E-state index is 13.5. The molecule has 0 saturated heterocycles. The lowest BCUT2D eigenvalue weighted by Crippen LogP contribution is -2.54. The molecule has 3 unspecified atom stereocenters. The Hall–Kier alpha value is -2.22. The van der Waals surface area contributed by atoms with Crippen molar-refractivity contribution in [2.75, 3.05) is 12.3 Å². The summed E-state index contributed by atoms with van der Waals surface area (Å²) < 4.78 is 5.30. The number of carbonyl (C=O) groups is 3. The predicted molar refractivity (Wildman–Crippen MR) is 136 cm³/mol. The number of rotatable bonds is 10. The van der Waals surface area contributed by atoms with Crippen LogP contribution in [0.25, 0.3) is 0 Å². The average Bonchev–Trinajstić information content (AvgIpc) is 2.67. The van der Waals surface area contributed by atoms with Crippen molar-refractivity contribution in [3.05, 3.63) is 34.9 Å². The van der Waals surface area contributed by atoms with Gasteiger partial charge in [0.05, 0.1) is 0 Å². The number of carbonyl (C=O) groups excluding carboxylic acids is 3. The van der Waals surface area contributed by atoms with E-state index in [-0.39, 0.29) is 30.2 Å². The van der Waals surface area contributed by atoms with Gasteiger partial charge in [-0.05, 0) is 60.5 Å². The van der Waals surface area contributed by atoms with Crippen LogP contribution in [-0.4, -0.2) is 52.8 Å². The maximum absolute atomic E-state index is 13.5. The molecule has 1 rings (SSSR count). The smallest absolute Gasteiger partial charge is 0.408 e. The molecule has 186 valence electrons. The van der Waals surface area contributed by atoms with Crippen LogP contribution in [-0.2, 0) is 14.3 Å². The van der Waals surface area contributed by atoms with Gasteiger partial charge in [0.15, 0.2) is 0 Å². The van der Waals surface area contributed by atoms with E-state index in [0.29, 0.717) is 0 Å². The fourth-order valence-corrected chi connectivity index (χ4v) is 4.02. The van der Waals surface area contributed by atoms with Gasteiger partial charge in [-0.15, -0.1) is 0 Å². The van der Waals surface area contributed by atoms with Crippen LogP contribution in [0.3, 0.4) is 0 Å². The molecule has 0 bridgehead atoms. The largest absolute Gasteiger partial charge is 0.444 e. The molecule has 3 atom stereocenters. The molecular formula is C25H41N3O4S. The van der Waals surface area contributed by atoms with Crippen molar-refractivity contribution < 1.29 is 19.1 Å². The highest BCUT2D eigenvalue weighted by Crippen LogP contribution is 2.25. The third kappa shape index (κ3) is 9.27. The van der Waals surface area contributed by atoms with Crippen molar-refractivity contribution >= 4 is 30.5 Å². The maximum Gasteiger partial charge on any atom is 0.408 e. The lowest BCUT2D eigenvalue weighted by molar-refractivity contribution is -0.142. The molecule has 0 fully saturated rings. The Kier molecular flexibility index (Phi) is 11.2. The Morgan fingerprint density at radius 1 is 1.06 bits per heavy atom. The fraction of sp³-hybridized carbons (Fsp3) is 0.640. The van der Waals surface area contributed by atoms with E-state index in [4.69, 9.17) is 4.74 Å². The van der Waals surface area contributed by atoms with Crippen molar-refractivity contribution in [2.24, 2.45) is 0 Å². The number of alkyl carbamates (subject to hydrolysis) is 1. The summed E-state index contributed by atoms with van der Waals surface area (Å²) in [6, 6.07) is 4.09. The van der Waals surface area contributed by atoms with Crippen LogP contribution in [0.5, 0.6) is 0 Å². The highest BCUT2D eigenvalue weighted by molar-refractivity contribution is 7.80. The molecule has 0 aromatic heterocycles. The van der Waals surface area contributed by atoms with E-state index >= 15 is 0 Å². The van der Waals surface area contributed by atoms with Gasteiger partial charge in [-0.1, -0.05) is 42.7 Å². The molecule has 3 amide bonds. The van der Waals surface area contributed by atoms with Gasteiger partial charge in [0, 0.05) is 18.3 Å². The number of nitrogens with zero attached hydrogens (tertiary/aromatic N) is 1. The normalized spacial score (nSPS) is 14.1. The molecule has 8 heteroatoms. The van der Waals surface area contributed by atoms with Gasteiger partial charge in [-0.25, -0.2) is 4.79 Å². The average molecular weight is 480 g/mol. The molecule has 33 heavy (non-hydrogen) atoms. The molecule has 0 aliphatic heterocycles. The number of nitrogens with one attached hydrogen (secondary N) is 2. The van der Waals surface area contributed by atoms with Gasteiger partial charge in [-0.2, -0.15) is 12.6 Å². The Morgan fingerprint density at radius 2 is 1.64 bits per heavy atom. The third-order valence-corrected chi connectivity index (χ3v) is 5.39. The first-order valence-corrected chi connectivity index (χ1v) is 12.3. The Balaban J connectivity index is 3.32. The summed E-state index contributed by atoms with van der Waals surface area (Å²) in [7, 11) is 0. The van der Waals surface area contributed by atoms with Crippen molar-refractivity contribution in [2.45, 2.75) is 92.0 Å². The van der Waals surface area contributed by atoms with E-state index < -0.39 is 23.8 Å². The quantitative estimate of drug-likeness (QED) is 0.436. The Bertz CT molecular complexity index is 802. The van der Waals surface area contributed by atoms with Crippen molar-refractivity contribution in [1.29, 1.82) is 0 Å². The topological polar surface area (TPSA) is 87.7 Å². The van der Waals surface area contributed by atoms with Gasteiger partial charge >= 0.3 is 6.09 Å². The number of thiol groups is 1. The summed E-state index contributed by atoms with van der Waals surface area (Å²) in [5.74, 6) is -0.561. The van der Waals surface area contributed by atoms with Gasteiger partial charge < -0.3 is 20.3 Å². The first-order valence-electron chi connectivity index (χ1n) is 11.6. The SMILES string of the molecule is CCCC(C)NC(=O)C(c1cc(C)cc(C)c1)N(CC)C(=O)C(CS)NC(=O)OC(C)(C)C. The van der Waals surface area contributed by atoms with Gasteiger partial charge in [0.25, 0.3) is 0 Å². The highest BCUT2D eigenvalue weighted by atomic mass is 32.1. The summed E-state index contributed by atoms with van der Waals surface area (Å²) in [6.07, 6.45) is 1.08. The zero-order chi connectivity index (χ0) is 25.3. The monoisotopic (exact) mass is 479 g/mol. The van der Waals surface area contributed by atoms with Crippen molar-refractivity contribution in [3.63, 3.8) is 0 Å². The van der Waals surface area contributed by atoms with E-state index in [9.17, 15) is 14.4 Å². The first kappa shape index (κ1) is 28.8.